The molecule has 4 N–H and O–H groups in total. The van der Waals surface area contributed by atoms with Crippen molar-refractivity contribution >= 4 is 11.9 Å². The molecule has 0 heterocycles. The maximum atomic E-state index is 12.2. The fraction of sp³-hybridized carbons (Fsp3) is 0.278. The number of para-hydroxylation sites is 2. The van der Waals surface area contributed by atoms with Gasteiger partial charge in [-0.25, -0.2) is 9.59 Å². The third kappa shape index (κ3) is 6.34. The van der Waals surface area contributed by atoms with Crippen LogP contribution in [0.2, 0.25) is 0 Å². The predicted molar refractivity (Wildman–Crippen MR) is 166 cm³/mol. The van der Waals surface area contributed by atoms with E-state index < -0.39 is 11.9 Å². The van der Waals surface area contributed by atoms with Gasteiger partial charge in [0.05, 0.1) is 24.3 Å². The molecule has 4 aromatic carbocycles. The van der Waals surface area contributed by atoms with Gasteiger partial charge in [-0.2, -0.15) is 0 Å². The maximum absolute atomic E-state index is 12.2. The molecule has 0 radical (unpaired) electrons. The number of aromatic hydroxyl groups is 2. The summed E-state index contributed by atoms with van der Waals surface area (Å²) in [5.74, 6) is -1.04. The zero-order valence-electron chi connectivity index (χ0n) is 24.9. The molecule has 8 bridgehead atoms. The first-order valence-electron chi connectivity index (χ1n) is 14.8. The number of carboxylic acid groups (broad SMARTS) is 2. The average molecular weight is 597 g/mol. The molecule has 0 unspecified atom stereocenters. The van der Waals surface area contributed by atoms with Crippen LogP contribution in [-0.4, -0.2) is 45.6 Å². The first kappa shape index (κ1) is 30.5. The van der Waals surface area contributed by atoms with Crippen molar-refractivity contribution in [2.75, 3.05) is 13.2 Å². The number of hydrogen-bond donors (Lipinski definition) is 4. The Bertz CT molecular complexity index is 1500. The van der Waals surface area contributed by atoms with Crippen LogP contribution in [0.3, 0.4) is 0 Å². The van der Waals surface area contributed by atoms with Crippen LogP contribution in [0.4, 0.5) is 0 Å². The fourth-order valence-corrected chi connectivity index (χ4v) is 5.74. The molecule has 1 aliphatic carbocycles. The van der Waals surface area contributed by atoms with E-state index in [0.717, 1.165) is 12.8 Å². The Hall–Kier alpha value is -4.98. The van der Waals surface area contributed by atoms with Gasteiger partial charge in [0.1, 0.15) is 23.0 Å². The summed E-state index contributed by atoms with van der Waals surface area (Å²) in [6, 6.07) is 17.0. The summed E-state index contributed by atoms with van der Waals surface area (Å²) >= 11 is 0. The molecule has 0 fully saturated rings. The molecule has 0 amide bonds. The Morgan fingerprint density at radius 2 is 0.864 bits per heavy atom. The van der Waals surface area contributed by atoms with Crippen molar-refractivity contribution in [2.24, 2.45) is 0 Å². The van der Waals surface area contributed by atoms with Gasteiger partial charge in [-0.1, -0.05) is 50.2 Å². The second kappa shape index (κ2) is 13.1. The van der Waals surface area contributed by atoms with E-state index in [1.54, 1.807) is 48.5 Å². The average Bonchev–Trinajstić information content (AvgIpc) is 2.99. The van der Waals surface area contributed by atoms with Crippen molar-refractivity contribution in [3.63, 3.8) is 0 Å². The van der Waals surface area contributed by atoms with E-state index in [2.05, 4.69) is 0 Å². The minimum absolute atomic E-state index is 0.0369. The minimum atomic E-state index is -1.09. The molecule has 0 spiro atoms. The number of benzene rings is 4. The number of rotatable bonds is 8. The number of phenolic OH excluding ortho intramolecular Hbond substituents is 2. The highest BCUT2D eigenvalue weighted by molar-refractivity contribution is 5.89. The van der Waals surface area contributed by atoms with Crippen LogP contribution in [-0.2, 0) is 25.7 Å². The SMILES string of the molecule is CCCOc1c2cc(C(=O)O)cc1Cc1cccc(c1O)Cc1cc(C(=O)O)cc(c1OCCC)Cc1cccc(c1O)C2. The molecule has 0 saturated carbocycles. The third-order valence-electron chi connectivity index (χ3n) is 7.81. The van der Waals surface area contributed by atoms with Gasteiger partial charge in [0.15, 0.2) is 0 Å². The molecule has 4 aromatic rings. The van der Waals surface area contributed by atoms with E-state index in [1.165, 1.54) is 0 Å². The second-order valence-corrected chi connectivity index (χ2v) is 11.1. The third-order valence-corrected chi connectivity index (χ3v) is 7.81. The molecule has 228 valence electrons. The summed E-state index contributed by atoms with van der Waals surface area (Å²) in [7, 11) is 0. The number of fused-ring (bicyclic) bond motifs is 8. The zero-order valence-corrected chi connectivity index (χ0v) is 24.9. The van der Waals surface area contributed by atoms with Crippen LogP contribution in [0.5, 0.6) is 23.0 Å². The highest BCUT2D eigenvalue weighted by Gasteiger charge is 2.23. The van der Waals surface area contributed by atoms with Crippen molar-refractivity contribution in [1.29, 1.82) is 0 Å². The van der Waals surface area contributed by atoms with Gasteiger partial charge >= 0.3 is 11.9 Å². The van der Waals surface area contributed by atoms with Gasteiger partial charge in [0, 0.05) is 25.7 Å². The Kier molecular flexibility index (Phi) is 9.09. The van der Waals surface area contributed by atoms with Gasteiger partial charge in [-0.3, -0.25) is 0 Å². The number of carbonyl (C=O) groups is 2. The summed E-state index contributed by atoms with van der Waals surface area (Å²) in [5, 5.41) is 43.0. The second-order valence-electron chi connectivity index (χ2n) is 11.1. The predicted octanol–water partition coefficient (Wildman–Crippen LogP) is 6.75. The summed E-state index contributed by atoms with van der Waals surface area (Å²) < 4.78 is 12.4. The Morgan fingerprint density at radius 1 is 0.568 bits per heavy atom. The number of phenols is 2. The van der Waals surface area contributed by atoms with Crippen molar-refractivity contribution in [3.05, 3.63) is 116 Å². The van der Waals surface area contributed by atoms with E-state index >= 15 is 0 Å². The lowest BCUT2D eigenvalue weighted by Gasteiger charge is -2.21. The Labute approximate surface area is 256 Å². The highest BCUT2D eigenvalue weighted by Crippen LogP contribution is 2.39. The lowest BCUT2D eigenvalue weighted by Crippen LogP contribution is -2.10. The molecule has 8 heteroatoms. The van der Waals surface area contributed by atoms with Gasteiger partial charge in [0.25, 0.3) is 0 Å². The van der Waals surface area contributed by atoms with Crippen molar-refractivity contribution in [2.45, 2.75) is 52.4 Å². The van der Waals surface area contributed by atoms with Crippen LogP contribution in [0.15, 0.2) is 60.7 Å². The lowest BCUT2D eigenvalue weighted by atomic mass is 9.90. The van der Waals surface area contributed by atoms with Gasteiger partial charge < -0.3 is 29.9 Å². The first-order chi connectivity index (χ1) is 21.2. The first-order valence-corrected chi connectivity index (χ1v) is 14.8. The van der Waals surface area contributed by atoms with E-state index in [4.69, 9.17) is 9.47 Å². The highest BCUT2D eigenvalue weighted by atomic mass is 16.5. The van der Waals surface area contributed by atoms with Crippen LogP contribution in [0.1, 0.15) is 91.9 Å². The summed E-state index contributed by atoms with van der Waals surface area (Å²) in [6.45, 7) is 4.78. The molecule has 8 nitrogen and oxygen atoms in total. The van der Waals surface area contributed by atoms with Crippen LogP contribution in [0, 0.1) is 0 Å². The van der Waals surface area contributed by atoms with Gasteiger partial charge in [-0.15, -0.1) is 0 Å². The summed E-state index contributed by atoms with van der Waals surface area (Å²) in [4.78, 5) is 24.4. The molecular weight excluding hydrogens is 560 g/mol. The number of ether oxygens (including phenoxy) is 2. The van der Waals surface area contributed by atoms with Crippen LogP contribution < -0.4 is 9.47 Å². The summed E-state index contributed by atoms with van der Waals surface area (Å²) in [5.41, 5.74) is 4.85. The Morgan fingerprint density at radius 3 is 1.11 bits per heavy atom. The van der Waals surface area contributed by atoms with Crippen molar-refractivity contribution in [1.82, 2.24) is 0 Å². The normalized spacial score (nSPS) is 12.4. The molecule has 44 heavy (non-hydrogen) atoms. The van der Waals surface area contributed by atoms with Gasteiger partial charge in [0.2, 0.25) is 0 Å². The monoisotopic (exact) mass is 596 g/mol. The van der Waals surface area contributed by atoms with Gasteiger partial charge in [-0.05, 0) is 81.6 Å². The maximum Gasteiger partial charge on any atom is 0.335 e. The van der Waals surface area contributed by atoms with E-state index in [1.807, 2.05) is 26.0 Å². The smallest absolute Gasteiger partial charge is 0.335 e. The molecule has 5 rings (SSSR count). The van der Waals surface area contributed by atoms with E-state index in [-0.39, 0.29) is 48.3 Å². The topological polar surface area (TPSA) is 134 Å². The van der Waals surface area contributed by atoms with Crippen LogP contribution in [0.25, 0.3) is 0 Å². The molecule has 1 aliphatic rings. The standard InChI is InChI=1S/C36H36O8/c1-3-11-43-33-25-13-21-7-5-9-23(31(21)37)15-27-19-30(36(41)42)20-28(34(27)44-12-4-2)16-24-10-6-8-22(32(24)38)14-26(33)18-29(17-25)35(39)40/h5-10,17-20,37-38H,3-4,11-16H2,1-2H3,(H,39,40)(H,41,42). The zero-order chi connectivity index (χ0) is 31.4. The fourth-order valence-electron chi connectivity index (χ4n) is 5.74. The van der Waals surface area contributed by atoms with Crippen molar-refractivity contribution < 1.29 is 39.5 Å². The molecule has 0 saturated heterocycles. The molecule has 0 aliphatic heterocycles. The number of aromatic carboxylic acids is 2. The Balaban J connectivity index is 1.79. The minimum Gasteiger partial charge on any atom is -0.507 e. The molecule has 0 atom stereocenters. The number of hydrogen-bond acceptors (Lipinski definition) is 6. The summed E-state index contributed by atoms with van der Waals surface area (Å²) in [6.07, 6.45) is 2.24. The number of carboxylic acids is 2. The largest absolute Gasteiger partial charge is 0.507 e. The molecular formula is C36H36O8. The lowest BCUT2D eigenvalue weighted by molar-refractivity contribution is 0.0685. The van der Waals surface area contributed by atoms with Crippen LogP contribution >= 0.6 is 0 Å². The molecule has 0 aromatic heterocycles. The van der Waals surface area contributed by atoms with Crippen molar-refractivity contribution in [3.8, 4) is 23.0 Å². The van der Waals surface area contributed by atoms with E-state index in [9.17, 15) is 30.0 Å². The van der Waals surface area contributed by atoms with E-state index in [0.29, 0.717) is 69.2 Å². The quantitative estimate of drug-likeness (QED) is 0.155.